The number of nitrogens with two attached hydrogens (primary N) is 1. The molecule has 5 N–H and O–H groups in total. The number of imidazole rings is 1. The molecule has 9 heteroatoms. The Morgan fingerprint density at radius 3 is 2.05 bits per heavy atom. The zero-order chi connectivity index (χ0) is 26.9. The van der Waals surface area contributed by atoms with E-state index in [4.69, 9.17) is 5.73 Å². The van der Waals surface area contributed by atoms with Crippen LogP contribution >= 0.6 is 0 Å². The van der Waals surface area contributed by atoms with Gasteiger partial charge in [-0.25, -0.2) is 4.98 Å². The molecule has 37 heavy (non-hydrogen) atoms. The number of nitrogen functional groups attached to an aromatic ring is 1. The van der Waals surface area contributed by atoms with E-state index in [9.17, 15) is 19.8 Å². The molecule has 2 heterocycles. The standard InChI is InChI=1S/C28H49N5O4/c1-2-3-4-5-6-7-8-9-10-11-12-13-14-15-16-17-23(35)25(36)22(18-19-34)20-33-21-30-24-26(33)31-28(29)32-27(24)37/h21-22,25,34,36H,2-20H2,1H3,(H3,29,31,32,37)/t22-,25-/m1/s1. The molecule has 2 rings (SSSR count). The Labute approximate surface area is 221 Å². The maximum absolute atomic E-state index is 12.6. The number of unbranched alkanes of at least 4 members (excludes halogenated alkanes) is 14. The maximum atomic E-state index is 12.6. The number of nitrogens with zero attached hydrogens (tertiary/aromatic N) is 3. The molecule has 0 fully saturated rings. The van der Waals surface area contributed by atoms with Gasteiger partial charge in [-0.3, -0.25) is 14.6 Å². The fourth-order valence-corrected chi connectivity index (χ4v) is 4.95. The summed E-state index contributed by atoms with van der Waals surface area (Å²) < 4.78 is 1.60. The highest BCUT2D eigenvalue weighted by atomic mass is 16.3. The van der Waals surface area contributed by atoms with Crippen molar-refractivity contribution in [1.29, 1.82) is 0 Å². The number of aromatic amines is 1. The summed E-state index contributed by atoms with van der Waals surface area (Å²) in [7, 11) is 0. The number of hydrogen-bond acceptors (Lipinski definition) is 7. The third kappa shape index (κ3) is 11.3. The number of aliphatic hydroxyl groups excluding tert-OH is 2. The zero-order valence-electron chi connectivity index (χ0n) is 22.8. The Morgan fingerprint density at radius 2 is 1.51 bits per heavy atom. The van der Waals surface area contributed by atoms with Gasteiger partial charge in [0.1, 0.15) is 6.10 Å². The second-order valence-corrected chi connectivity index (χ2v) is 10.4. The summed E-state index contributed by atoms with van der Waals surface area (Å²) >= 11 is 0. The fraction of sp³-hybridized carbons (Fsp3) is 0.786. The molecule has 0 unspecified atom stereocenters. The predicted octanol–water partition coefficient (Wildman–Crippen LogP) is 4.89. The van der Waals surface area contributed by atoms with Crippen molar-refractivity contribution in [3.05, 3.63) is 16.7 Å². The minimum atomic E-state index is -1.18. The summed E-state index contributed by atoms with van der Waals surface area (Å²) in [4.78, 5) is 35.2. The largest absolute Gasteiger partial charge is 0.396 e. The van der Waals surface area contributed by atoms with Crippen LogP contribution in [0, 0.1) is 5.92 Å². The SMILES string of the molecule is CCCCCCCCCCCCCCCCCC(=O)[C@H](O)[C@H](CCO)Cn1cnc2c(=O)[nH]c(N)nc21. The highest BCUT2D eigenvalue weighted by Gasteiger charge is 2.26. The fourth-order valence-electron chi connectivity index (χ4n) is 4.95. The lowest BCUT2D eigenvalue weighted by molar-refractivity contribution is -0.130. The van der Waals surface area contributed by atoms with Crippen LogP contribution in [0.3, 0.4) is 0 Å². The number of aromatic nitrogens is 4. The van der Waals surface area contributed by atoms with E-state index in [1.807, 2.05) is 0 Å². The van der Waals surface area contributed by atoms with E-state index in [1.54, 1.807) is 4.57 Å². The number of fused-ring (bicyclic) bond motifs is 1. The normalized spacial score (nSPS) is 13.3. The molecule has 9 nitrogen and oxygen atoms in total. The molecule has 0 saturated heterocycles. The number of hydrogen-bond donors (Lipinski definition) is 4. The number of aliphatic hydroxyl groups is 2. The molecule has 0 aliphatic rings. The lowest BCUT2D eigenvalue weighted by atomic mass is 9.93. The van der Waals surface area contributed by atoms with Gasteiger partial charge in [-0.2, -0.15) is 4.98 Å². The molecular weight excluding hydrogens is 470 g/mol. The molecule has 0 saturated carbocycles. The highest BCUT2D eigenvalue weighted by Crippen LogP contribution is 2.19. The molecule has 2 aromatic rings. The first-order valence-electron chi connectivity index (χ1n) is 14.5. The number of anilines is 1. The Bertz CT molecular complexity index is 958. The summed E-state index contributed by atoms with van der Waals surface area (Å²) in [5.41, 5.74) is 5.65. The van der Waals surface area contributed by atoms with Crippen LogP contribution in [-0.4, -0.2) is 48.2 Å². The summed E-state index contributed by atoms with van der Waals surface area (Å²) in [6.45, 7) is 2.31. The second kappa shape index (κ2) is 18.1. The molecule has 0 spiro atoms. The molecule has 0 amide bonds. The van der Waals surface area contributed by atoms with Gasteiger partial charge in [-0.1, -0.05) is 96.8 Å². The average molecular weight is 520 g/mol. The van der Waals surface area contributed by atoms with Crippen molar-refractivity contribution < 1.29 is 15.0 Å². The second-order valence-electron chi connectivity index (χ2n) is 10.4. The number of H-pyrrole nitrogens is 1. The number of rotatable bonds is 22. The number of nitrogens with one attached hydrogen (secondary N) is 1. The van der Waals surface area contributed by atoms with E-state index in [0.717, 1.165) is 19.3 Å². The number of ketones is 1. The van der Waals surface area contributed by atoms with Crippen LogP contribution in [0.2, 0.25) is 0 Å². The third-order valence-corrected chi connectivity index (χ3v) is 7.23. The van der Waals surface area contributed by atoms with Crippen molar-refractivity contribution >= 4 is 22.9 Å². The van der Waals surface area contributed by atoms with E-state index < -0.39 is 17.6 Å². The average Bonchev–Trinajstić information content (AvgIpc) is 3.28. The number of Topliss-reactive ketones (excluding diaryl/α,β-unsaturated/α-hetero) is 1. The molecule has 2 atom stereocenters. The summed E-state index contributed by atoms with van der Waals surface area (Å²) in [6, 6.07) is 0. The first-order valence-corrected chi connectivity index (χ1v) is 14.5. The van der Waals surface area contributed by atoms with Crippen LogP contribution in [0.25, 0.3) is 11.2 Å². The quantitative estimate of drug-likeness (QED) is 0.162. The van der Waals surface area contributed by atoms with Crippen LogP contribution < -0.4 is 11.3 Å². The molecule has 0 bridgehead atoms. The van der Waals surface area contributed by atoms with Crippen LogP contribution in [0.1, 0.15) is 116 Å². The molecule has 210 valence electrons. The van der Waals surface area contributed by atoms with Crippen LogP contribution in [0.4, 0.5) is 5.95 Å². The van der Waals surface area contributed by atoms with Crippen molar-refractivity contribution in [3.63, 3.8) is 0 Å². The number of carbonyl (C=O) groups is 1. The van der Waals surface area contributed by atoms with Crippen molar-refractivity contribution in [2.75, 3.05) is 12.3 Å². The van der Waals surface area contributed by atoms with E-state index in [-0.39, 0.29) is 36.8 Å². The lowest BCUT2D eigenvalue weighted by Crippen LogP contribution is -2.33. The lowest BCUT2D eigenvalue weighted by Gasteiger charge is -2.22. The Balaban J connectivity index is 1.60. The van der Waals surface area contributed by atoms with Gasteiger partial charge < -0.3 is 20.5 Å². The van der Waals surface area contributed by atoms with Crippen LogP contribution in [-0.2, 0) is 11.3 Å². The molecule has 0 aromatic carbocycles. The zero-order valence-corrected chi connectivity index (χ0v) is 22.8. The Hall–Kier alpha value is -2.26. The van der Waals surface area contributed by atoms with Crippen molar-refractivity contribution in [3.8, 4) is 0 Å². The minimum Gasteiger partial charge on any atom is -0.396 e. The molecular formula is C28H49N5O4. The van der Waals surface area contributed by atoms with E-state index >= 15 is 0 Å². The first-order chi connectivity index (χ1) is 18.0. The minimum absolute atomic E-state index is 0.0252. The molecule has 2 aromatic heterocycles. The van der Waals surface area contributed by atoms with Crippen molar-refractivity contribution in [2.45, 2.75) is 129 Å². The van der Waals surface area contributed by atoms with Crippen LogP contribution in [0.5, 0.6) is 0 Å². The van der Waals surface area contributed by atoms with Crippen molar-refractivity contribution in [1.82, 2.24) is 19.5 Å². The van der Waals surface area contributed by atoms with E-state index in [2.05, 4.69) is 21.9 Å². The first kappa shape index (κ1) is 31.0. The van der Waals surface area contributed by atoms with Gasteiger partial charge in [-0.15, -0.1) is 0 Å². The van der Waals surface area contributed by atoms with E-state index in [1.165, 1.54) is 83.4 Å². The molecule has 0 aliphatic heterocycles. The predicted molar refractivity (Wildman–Crippen MR) is 148 cm³/mol. The van der Waals surface area contributed by atoms with Gasteiger partial charge in [0, 0.05) is 25.5 Å². The van der Waals surface area contributed by atoms with Gasteiger partial charge >= 0.3 is 0 Å². The molecule has 0 radical (unpaired) electrons. The van der Waals surface area contributed by atoms with Gasteiger partial charge in [-0.05, 0) is 12.8 Å². The van der Waals surface area contributed by atoms with E-state index in [0.29, 0.717) is 12.1 Å². The summed E-state index contributed by atoms with van der Waals surface area (Å²) in [5.74, 6) is -0.737. The maximum Gasteiger partial charge on any atom is 0.280 e. The van der Waals surface area contributed by atoms with Gasteiger partial charge in [0.05, 0.1) is 6.33 Å². The Kier molecular flexibility index (Phi) is 15.1. The highest BCUT2D eigenvalue weighted by molar-refractivity contribution is 5.83. The van der Waals surface area contributed by atoms with Crippen molar-refractivity contribution in [2.24, 2.45) is 5.92 Å². The summed E-state index contributed by atoms with van der Waals surface area (Å²) in [5, 5.41) is 20.2. The monoisotopic (exact) mass is 519 g/mol. The smallest absolute Gasteiger partial charge is 0.280 e. The third-order valence-electron chi connectivity index (χ3n) is 7.23. The van der Waals surface area contributed by atoms with Gasteiger partial charge in [0.15, 0.2) is 16.9 Å². The topological polar surface area (TPSA) is 147 Å². The van der Waals surface area contributed by atoms with Gasteiger partial charge in [0.25, 0.3) is 5.56 Å². The summed E-state index contributed by atoms with van der Waals surface area (Å²) in [6.07, 6.45) is 19.8. The Morgan fingerprint density at radius 1 is 0.973 bits per heavy atom. The van der Waals surface area contributed by atoms with Crippen LogP contribution in [0.15, 0.2) is 11.1 Å². The van der Waals surface area contributed by atoms with Gasteiger partial charge in [0.2, 0.25) is 5.95 Å². The number of carbonyl (C=O) groups excluding carboxylic acids is 1. The molecule has 0 aliphatic carbocycles.